The van der Waals surface area contributed by atoms with E-state index in [0.29, 0.717) is 0 Å². The lowest BCUT2D eigenvalue weighted by Crippen LogP contribution is -2.41. The van der Waals surface area contributed by atoms with Crippen molar-refractivity contribution in [2.24, 2.45) is 11.8 Å². The van der Waals surface area contributed by atoms with Crippen molar-refractivity contribution in [2.75, 3.05) is 52.1 Å². The first kappa shape index (κ1) is 14.9. The minimum Gasteiger partial charge on any atom is -0.384 e. The van der Waals surface area contributed by atoms with Crippen LogP contribution in [0.1, 0.15) is 18.4 Å². The standard InChI is InChI=1S/C18H29N3/c1-20(2)13-15-7-9-21(10-8-15)14-16-11-17-5-3-4-6-18(17)19-12-16/h3-6,15-16,19H,7-14H2,1-2H3. The summed E-state index contributed by atoms with van der Waals surface area (Å²) in [6.07, 6.45) is 3.98. The predicted octanol–water partition coefficient (Wildman–Crippen LogP) is 2.54. The summed E-state index contributed by atoms with van der Waals surface area (Å²) in [5, 5.41) is 3.60. The fourth-order valence-electron chi connectivity index (χ4n) is 3.87. The van der Waals surface area contributed by atoms with Gasteiger partial charge in [-0.2, -0.15) is 0 Å². The summed E-state index contributed by atoms with van der Waals surface area (Å²) in [4.78, 5) is 5.02. The molecule has 116 valence electrons. The van der Waals surface area contributed by atoms with E-state index >= 15 is 0 Å². The molecule has 0 saturated carbocycles. The van der Waals surface area contributed by atoms with Crippen molar-refractivity contribution < 1.29 is 0 Å². The van der Waals surface area contributed by atoms with Crippen LogP contribution < -0.4 is 5.32 Å². The van der Waals surface area contributed by atoms with Gasteiger partial charge in [-0.1, -0.05) is 18.2 Å². The van der Waals surface area contributed by atoms with E-state index in [2.05, 4.69) is 53.5 Å². The van der Waals surface area contributed by atoms with Crippen LogP contribution in [0, 0.1) is 11.8 Å². The number of likely N-dealkylation sites (tertiary alicyclic amines) is 1. The van der Waals surface area contributed by atoms with Crippen LogP contribution in [0.4, 0.5) is 5.69 Å². The molecule has 3 rings (SSSR count). The van der Waals surface area contributed by atoms with Crippen molar-refractivity contribution in [1.29, 1.82) is 0 Å². The smallest absolute Gasteiger partial charge is 0.0372 e. The Hall–Kier alpha value is -1.06. The molecule has 3 nitrogen and oxygen atoms in total. The van der Waals surface area contributed by atoms with E-state index in [0.717, 1.165) is 18.4 Å². The minimum atomic E-state index is 0.769. The number of rotatable bonds is 4. The highest BCUT2D eigenvalue weighted by Crippen LogP contribution is 2.26. The number of nitrogens with zero attached hydrogens (tertiary/aromatic N) is 2. The minimum absolute atomic E-state index is 0.769. The molecule has 1 saturated heterocycles. The lowest BCUT2D eigenvalue weighted by atomic mass is 9.91. The fourth-order valence-corrected chi connectivity index (χ4v) is 3.87. The van der Waals surface area contributed by atoms with E-state index in [1.54, 1.807) is 0 Å². The van der Waals surface area contributed by atoms with E-state index in [9.17, 15) is 0 Å². The van der Waals surface area contributed by atoms with Gasteiger partial charge in [0.25, 0.3) is 0 Å². The quantitative estimate of drug-likeness (QED) is 0.918. The zero-order valence-corrected chi connectivity index (χ0v) is 13.5. The molecule has 1 N–H and O–H groups in total. The zero-order valence-electron chi connectivity index (χ0n) is 13.5. The van der Waals surface area contributed by atoms with E-state index in [1.165, 1.54) is 56.7 Å². The highest BCUT2D eigenvalue weighted by atomic mass is 15.1. The molecule has 0 bridgehead atoms. The number of hydrogen-bond acceptors (Lipinski definition) is 3. The second-order valence-corrected chi connectivity index (χ2v) is 7.11. The van der Waals surface area contributed by atoms with E-state index in [-0.39, 0.29) is 0 Å². The van der Waals surface area contributed by atoms with Crippen molar-refractivity contribution in [3.63, 3.8) is 0 Å². The highest BCUT2D eigenvalue weighted by Gasteiger charge is 2.24. The number of piperidine rings is 1. The van der Waals surface area contributed by atoms with Crippen LogP contribution >= 0.6 is 0 Å². The van der Waals surface area contributed by atoms with Crippen molar-refractivity contribution in [3.05, 3.63) is 29.8 Å². The van der Waals surface area contributed by atoms with Gasteiger partial charge in [-0.3, -0.25) is 0 Å². The predicted molar refractivity (Wildman–Crippen MR) is 89.8 cm³/mol. The molecule has 0 spiro atoms. The number of benzene rings is 1. The molecule has 3 heteroatoms. The topological polar surface area (TPSA) is 18.5 Å². The van der Waals surface area contributed by atoms with Gasteiger partial charge < -0.3 is 15.1 Å². The summed E-state index contributed by atoms with van der Waals surface area (Å²) in [7, 11) is 4.38. The molecular weight excluding hydrogens is 258 g/mol. The Kier molecular flexibility index (Phi) is 4.81. The Bertz CT molecular complexity index is 450. The van der Waals surface area contributed by atoms with Crippen LogP contribution in [0.25, 0.3) is 0 Å². The largest absolute Gasteiger partial charge is 0.384 e. The molecule has 1 fully saturated rings. The number of para-hydroxylation sites is 1. The Morgan fingerprint density at radius 1 is 1.14 bits per heavy atom. The third-order valence-electron chi connectivity index (χ3n) is 4.95. The van der Waals surface area contributed by atoms with Crippen molar-refractivity contribution in [2.45, 2.75) is 19.3 Å². The van der Waals surface area contributed by atoms with E-state index in [4.69, 9.17) is 0 Å². The molecule has 0 aliphatic carbocycles. The molecule has 1 aromatic carbocycles. The van der Waals surface area contributed by atoms with Gasteiger partial charge in [0.05, 0.1) is 0 Å². The second-order valence-electron chi connectivity index (χ2n) is 7.11. The Morgan fingerprint density at radius 2 is 1.90 bits per heavy atom. The zero-order chi connectivity index (χ0) is 14.7. The van der Waals surface area contributed by atoms with Gasteiger partial charge in [-0.25, -0.2) is 0 Å². The van der Waals surface area contributed by atoms with Crippen LogP contribution in [0.3, 0.4) is 0 Å². The molecule has 2 heterocycles. The van der Waals surface area contributed by atoms with Crippen LogP contribution in [-0.2, 0) is 6.42 Å². The van der Waals surface area contributed by atoms with Crippen molar-refractivity contribution in [1.82, 2.24) is 9.80 Å². The van der Waals surface area contributed by atoms with Gasteiger partial charge in [0.1, 0.15) is 0 Å². The van der Waals surface area contributed by atoms with Gasteiger partial charge in [0.15, 0.2) is 0 Å². The number of hydrogen-bond donors (Lipinski definition) is 1. The third kappa shape index (κ3) is 3.98. The lowest BCUT2D eigenvalue weighted by Gasteiger charge is -2.36. The molecule has 0 aromatic heterocycles. The van der Waals surface area contributed by atoms with Gasteiger partial charge in [-0.05, 0) is 69.9 Å². The van der Waals surface area contributed by atoms with Crippen LogP contribution in [0.5, 0.6) is 0 Å². The molecule has 21 heavy (non-hydrogen) atoms. The molecular formula is C18H29N3. The van der Waals surface area contributed by atoms with E-state index in [1.807, 2.05) is 0 Å². The third-order valence-corrected chi connectivity index (χ3v) is 4.95. The molecule has 2 aliphatic rings. The SMILES string of the molecule is CN(C)CC1CCN(CC2CNc3ccccc3C2)CC1. The van der Waals surface area contributed by atoms with Gasteiger partial charge in [-0.15, -0.1) is 0 Å². The summed E-state index contributed by atoms with van der Waals surface area (Å²) < 4.78 is 0. The fraction of sp³-hybridized carbons (Fsp3) is 0.667. The second kappa shape index (κ2) is 6.80. The van der Waals surface area contributed by atoms with E-state index < -0.39 is 0 Å². The first-order valence-corrected chi connectivity index (χ1v) is 8.39. The molecule has 1 unspecified atom stereocenters. The summed E-state index contributed by atoms with van der Waals surface area (Å²) in [5.74, 6) is 1.67. The average Bonchev–Trinajstić information content (AvgIpc) is 2.49. The number of anilines is 1. The van der Waals surface area contributed by atoms with Crippen LogP contribution in [0.2, 0.25) is 0 Å². The average molecular weight is 287 g/mol. The first-order valence-electron chi connectivity index (χ1n) is 8.39. The Balaban J connectivity index is 1.46. The van der Waals surface area contributed by atoms with Crippen LogP contribution in [-0.4, -0.2) is 56.6 Å². The normalized spacial score (nSPS) is 23.9. The summed E-state index contributed by atoms with van der Waals surface area (Å²) >= 11 is 0. The number of nitrogens with one attached hydrogen (secondary N) is 1. The molecule has 1 aromatic rings. The maximum absolute atomic E-state index is 3.60. The maximum Gasteiger partial charge on any atom is 0.0372 e. The Labute approximate surface area is 129 Å². The number of fused-ring (bicyclic) bond motifs is 1. The monoisotopic (exact) mass is 287 g/mol. The molecule has 2 aliphatic heterocycles. The molecule has 0 radical (unpaired) electrons. The first-order chi connectivity index (χ1) is 10.2. The maximum atomic E-state index is 3.60. The van der Waals surface area contributed by atoms with Gasteiger partial charge in [0, 0.05) is 25.3 Å². The van der Waals surface area contributed by atoms with Crippen molar-refractivity contribution >= 4 is 5.69 Å². The Morgan fingerprint density at radius 3 is 2.67 bits per heavy atom. The van der Waals surface area contributed by atoms with Gasteiger partial charge in [0.2, 0.25) is 0 Å². The summed E-state index contributed by atoms with van der Waals surface area (Å²) in [5.41, 5.74) is 2.84. The molecule has 0 amide bonds. The van der Waals surface area contributed by atoms with Crippen molar-refractivity contribution in [3.8, 4) is 0 Å². The van der Waals surface area contributed by atoms with Crippen LogP contribution in [0.15, 0.2) is 24.3 Å². The molecule has 1 atom stereocenters. The lowest BCUT2D eigenvalue weighted by molar-refractivity contribution is 0.145. The summed E-state index contributed by atoms with van der Waals surface area (Å²) in [6, 6.07) is 8.77. The summed E-state index contributed by atoms with van der Waals surface area (Å²) in [6.45, 7) is 6.23. The van der Waals surface area contributed by atoms with Gasteiger partial charge >= 0.3 is 0 Å². The highest BCUT2D eigenvalue weighted by molar-refractivity contribution is 5.53.